The van der Waals surface area contributed by atoms with Crippen LogP contribution in [0.25, 0.3) is 28.2 Å². The van der Waals surface area contributed by atoms with Crippen molar-refractivity contribution in [3.63, 3.8) is 0 Å². The van der Waals surface area contributed by atoms with Gasteiger partial charge >= 0.3 is 0 Å². The van der Waals surface area contributed by atoms with Gasteiger partial charge < -0.3 is 15.6 Å². The largest absolute Gasteiger partial charge is 0.382 e. The molecular weight excluding hydrogens is 546 g/mol. The van der Waals surface area contributed by atoms with Gasteiger partial charge in [-0.25, -0.2) is 13.4 Å². The number of nitrogens with one attached hydrogen (secondary N) is 1. The number of rotatable bonds is 5. The Kier molecular flexibility index (Phi) is 5.67. The van der Waals surface area contributed by atoms with Gasteiger partial charge in [-0.05, 0) is 37.8 Å². The first-order valence-corrected chi connectivity index (χ1v) is 15.1. The van der Waals surface area contributed by atoms with E-state index in [1.807, 2.05) is 36.3 Å². The average molecular weight is 574 g/mol. The number of fused-ring (bicyclic) bond motifs is 3. The van der Waals surface area contributed by atoms with Crippen LogP contribution in [0.5, 0.6) is 0 Å². The van der Waals surface area contributed by atoms with E-state index in [1.165, 1.54) is 10.8 Å². The highest BCUT2D eigenvalue weighted by Gasteiger charge is 2.46. The number of aryl methyl sites for hydroxylation is 1. The predicted octanol–water partition coefficient (Wildman–Crippen LogP) is 1.85. The number of sulfone groups is 1. The fourth-order valence-corrected chi connectivity index (χ4v) is 7.36. The molecule has 0 spiro atoms. The Balaban J connectivity index is 1.28. The number of anilines is 1. The lowest BCUT2D eigenvalue weighted by atomic mass is 9.87. The highest BCUT2D eigenvalue weighted by molar-refractivity contribution is 7.91. The van der Waals surface area contributed by atoms with E-state index < -0.39 is 9.84 Å². The van der Waals surface area contributed by atoms with E-state index in [2.05, 4.69) is 30.4 Å². The second-order valence-corrected chi connectivity index (χ2v) is 12.6. The number of nitrogens with two attached hydrogens (primary N) is 1. The van der Waals surface area contributed by atoms with E-state index in [-0.39, 0.29) is 40.4 Å². The summed E-state index contributed by atoms with van der Waals surface area (Å²) in [4.78, 5) is 27.3. The fraction of sp³-hybridized carbons (Fsp3) is 0.346. The van der Waals surface area contributed by atoms with Crippen LogP contribution < -0.4 is 5.73 Å². The third-order valence-corrected chi connectivity index (χ3v) is 9.22. The number of pyridine rings is 1. The zero-order valence-electron chi connectivity index (χ0n) is 22.3. The number of aromatic nitrogens is 9. The second kappa shape index (κ2) is 9.19. The Bertz CT molecular complexity index is 1880. The van der Waals surface area contributed by atoms with Crippen molar-refractivity contribution in [2.75, 3.05) is 12.0 Å². The van der Waals surface area contributed by atoms with Crippen molar-refractivity contribution in [2.45, 2.75) is 48.6 Å². The van der Waals surface area contributed by atoms with Crippen molar-refractivity contribution in [2.24, 2.45) is 7.05 Å². The molecule has 15 heteroatoms. The number of piperidine rings is 1. The van der Waals surface area contributed by atoms with Crippen molar-refractivity contribution in [1.29, 1.82) is 0 Å². The monoisotopic (exact) mass is 573 g/mol. The maximum Gasteiger partial charge on any atom is 0.292 e. The molecule has 2 saturated heterocycles. The Labute approximate surface area is 234 Å². The van der Waals surface area contributed by atoms with E-state index in [1.54, 1.807) is 17.1 Å². The van der Waals surface area contributed by atoms with E-state index in [4.69, 9.17) is 10.7 Å². The molecule has 0 radical (unpaired) electrons. The summed E-state index contributed by atoms with van der Waals surface area (Å²) >= 11 is 0. The lowest BCUT2D eigenvalue weighted by Crippen LogP contribution is -2.46. The Morgan fingerprint density at radius 3 is 2.49 bits per heavy atom. The molecule has 14 nitrogen and oxygen atoms in total. The van der Waals surface area contributed by atoms with Gasteiger partial charge in [0.2, 0.25) is 5.82 Å². The summed E-state index contributed by atoms with van der Waals surface area (Å²) < 4.78 is 29.2. The molecule has 0 saturated carbocycles. The predicted molar refractivity (Wildman–Crippen MR) is 147 cm³/mol. The quantitative estimate of drug-likeness (QED) is 0.315. The van der Waals surface area contributed by atoms with E-state index in [0.717, 1.165) is 36.0 Å². The molecule has 2 atom stereocenters. The summed E-state index contributed by atoms with van der Waals surface area (Å²) in [6.07, 6.45) is 10.5. The Morgan fingerprint density at radius 2 is 1.88 bits per heavy atom. The third-order valence-electron chi connectivity index (χ3n) is 8.06. The summed E-state index contributed by atoms with van der Waals surface area (Å²) in [5.74, 6) is -0.188. The first-order chi connectivity index (χ1) is 19.7. The van der Waals surface area contributed by atoms with Crippen LogP contribution in [0, 0.1) is 0 Å². The van der Waals surface area contributed by atoms with Crippen LogP contribution in [0.1, 0.15) is 47.9 Å². The summed E-state index contributed by atoms with van der Waals surface area (Å²) in [5.41, 5.74) is 10.3. The van der Waals surface area contributed by atoms with Crippen LogP contribution in [0.15, 0.2) is 48.0 Å². The van der Waals surface area contributed by atoms with Gasteiger partial charge in [0.15, 0.2) is 15.5 Å². The molecule has 3 N–H and O–H groups in total. The third kappa shape index (κ3) is 4.15. The average Bonchev–Trinajstić information content (AvgIpc) is 3.74. The molecule has 7 rings (SSSR count). The maximum atomic E-state index is 13.1. The zero-order valence-corrected chi connectivity index (χ0v) is 23.2. The standard InChI is InChI=1S/C26H27N11O3S/c1-35-8-7-20(34-35)19-6-3-14(11-28-19)18-12-31-37-23(27)22(41(2,39)40)21(32-25(18)37)15-9-16-4-5-17(10-15)36(16)26(38)24-29-13-30-33-24/h3,6-8,11-13,15-17H,4-5,9-10,27H2,1-2H3,(H,29,30,33). The van der Waals surface area contributed by atoms with Crippen molar-refractivity contribution in [1.82, 2.24) is 49.4 Å². The minimum absolute atomic E-state index is 0.0114. The van der Waals surface area contributed by atoms with E-state index in [0.29, 0.717) is 29.7 Å². The number of nitrogen functional groups attached to an aromatic ring is 1. The normalized spacial score (nSPS) is 20.6. The maximum absolute atomic E-state index is 13.1. The van der Waals surface area contributed by atoms with E-state index in [9.17, 15) is 13.2 Å². The van der Waals surface area contributed by atoms with Crippen molar-refractivity contribution in [3.8, 4) is 22.5 Å². The lowest BCUT2D eigenvalue weighted by molar-refractivity contribution is 0.0556. The number of nitrogens with zero attached hydrogens (tertiary/aromatic N) is 9. The van der Waals surface area contributed by atoms with Gasteiger partial charge in [-0.15, -0.1) is 10.2 Å². The molecule has 0 aromatic carbocycles. The molecule has 2 fully saturated rings. The molecule has 2 aliphatic heterocycles. The van der Waals surface area contributed by atoms with Gasteiger partial charge in [-0.2, -0.15) is 14.7 Å². The van der Waals surface area contributed by atoms with Crippen LogP contribution in [0.4, 0.5) is 5.82 Å². The molecule has 2 bridgehead atoms. The number of hydrogen-bond donors (Lipinski definition) is 2. The summed E-state index contributed by atoms with van der Waals surface area (Å²) in [6.45, 7) is 0. The highest BCUT2D eigenvalue weighted by Crippen LogP contribution is 2.45. The first-order valence-electron chi connectivity index (χ1n) is 13.2. The molecule has 0 aliphatic carbocycles. The van der Waals surface area contributed by atoms with Crippen LogP contribution in [0.3, 0.4) is 0 Å². The number of amides is 1. The minimum atomic E-state index is -3.75. The topological polar surface area (TPSA) is 183 Å². The summed E-state index contributed by atoms with van der Waals surface area (Å²) in [7, 11) is -1.90. The molecule has 210 valence electrons. The fourth-order valence-electron chi connectivity index (χ4n) is 6.30. The number of aromatic amines is 1. The van der Waals surface area contributed by atoms with Gasteiger partial charge in [0.25, 0.3) is 5.91 Å². The summed E-state index contributed by atoms with van der Waals surface area (Å²) in [5, 5.41) is 16.4. The Hall–Kier alpha value is -4.66. The molecule has 2 aliphatic rings. The van der Waals surface area contributed by atoms with Gasteiger partial charge in [0.05, 0.1) is 17.6 Å². The van der Waals surface area contributed by atoms with Crippen molar-refractivity contribution in [3.05, 3.63) is 54.6 Å². The van der Waals surface area contributed by atoms with Crippen LogP contribution in [0.2, 0.25) is 0 Å². The molecule has 41 heavy (non-hydrogen) atoms. The molecule has 2 unspecified atom stereocenters. The van der Waals surface area contributed by atoms with Gasteiger partial charge in [-0.3, -0.25) is 14.5 Å². The SMILES string of the molecule is Cn1ccc(-c2ccc(-c3cnn4c(N)c(S(C)(=O)=O)c(C5CC6CCC(C5)N6C(=O)c5nnc[nH]5)nc34)cn2)n1. The van der Waals surface area contributed by atoms with Crippen LogP contribution >= 0.6 is 0 Å². The Morgan fingerprint density at radius 1 is 1.10 bits per heavy atom. The lowest BCUT2D eigenvalue weighted by Gasteiger charge is -2.38. The van der Waals surface area contributed by atoms with Crippen molar-refractivity contribution >= 4 is 27.2 Å². The molecular formula is C26H27N11O3S. The van der Waals surface area contributed by atoms with Crippen LogP contribution in [-0.2, 0) is 16.9 Å². The first kappa shape index (κ1) is 25.3. The molecule has 1 amide bonds. The molecule has 5 aromatic heterocycles. The smallest absolute Gasteiger partial charge is 0.292 e. The number of H-pyrrole nitrogens is 1. The van der Waals surface area contributed by atoms with Gasteiger partial charge in [0, 0.05) is 54.8 Å². The van der Waals surface area contributed by atoms with Gasteiger partial charge in [0.1, 0.15) is 22.7 Å². The minimum Gasteiger partial charge on any atom is -0.382 e. The number of hydrogen-bond acceptors (Lipinski definition) is 10. The number of carbonyl (C=O) groups excluding carboxylic acids is 1. The zero-order chi connectivity index (χ0) is 28.5. The second-order valence-electron chi connectivity index (χ2n) is 10.7. The van der Waals surface area contributed by atoms with Gasteiger partial charge in [-0.1, -0.05) is 6.07 Å². The number of carbonyl (C=O) groups is 1. The van der Waals surface area contributed by atoms with Crippen molar-refractivity contribution < 1.29 is 13.2 Å². The molecule has 5 aromatic rings. The van der Waals surface area contributed by atoms with E-state index >= 15 is 0 Å². The molecule has 7 heterocycles. The van der Waals surface area contributed by atoms with Crippen LogP contribution in [-0.4, -0.2) is 82.1 Å². The highest BCUT2D eigenvalue weighted by atomic mass is 32.2. The summed E-state index contributed by atoms with van der Waals surface area (Å²) in [6, 6.07) is 5.52.